The van der Waals surface area contributed by atoms with Crippen molar-refractivity contribution < 1.29 is 29.0 Å². The van der Waals surface area contributed by atoms with E-state index in [1.807, 2.05) is 0 Å². The minimum atomic E-state index is -1.80. The molecule has 3 N–H and O–H groups in total. The summed E-state index contributed by atoms with van der Waals surface area (Å²) in [6, 6.07) is -3.04. The Hall–Kier alpha value is -1.36. The lowest BCUT2D eigenvalue weighted by Crippen LogP contribution is -2.71. The zero-order chi connectivity index (χ0) is 23.0. The third-order valence-electron chi connectivity index (χ3n) is 4.40. The number of hydrogen-bond acceptors (Lipinski definition) is 6. The number of rotatable bonds is 6. The molecule has 30 heavy (non-hydrogen) atoms. The van der Waals surface area contributed by atoms with E-state index >= 15 is 0 Å². The summed E-state index contributed by atoms with van der Waals surface area (Å²) in [4.78, 5) is 50.0. The third kappa shape index (κ3) is 5.66. The average molecular weight is 503 g/mol. The number of nitrogens with zero attached hydrogens (tertiary/aromatic N) is 1. The second-order valence-electron chi connectivity index (χ2n) is 7.64. The van der Waals surface area contributed by atoms with Crippen LogP contribution in [-0.2, 0) is 19.1 Å². The molecule has 2 fully saturated rings. The van der Waals surface area contributed by atoms with Crippen molar-refractivity contribution in [1.29, 1.82) is 0 Å². The lowest BCUT2D eigenvalue weighted by molar-refractivity contribution is -0.161. The fourth-order valence-electron chi connectivity index (χ4n) is 3.22. The Morgan fingerprint density at radius 2 is 1.93 bits per heavy atom. The van der Waals surface area contributed by atoms with E-state index < -0.39 is 62.5 Å². The van der Waals surface area contributed by atoms with Gasteiger partial charge in [0, 0.05) is 4.75 Å². The zero-order valence-electron chi connectivity index (χ0n) is 16.6. The first-order chi connectivity index (χ1) is 13.6. The molecule has 0 spiro atoms. The van der Waals surface area contributed by atoms with Crippen molar-refractivity contribution >= 4 is 70.4 Å². The van der Waals surface area contributed by atoms with Crippen molar-refractivity contribution in [1.82, 2.24) is 15.5 Å². The maximum absolute atomic E-state index is 12.7. The van der Waals surface area contributed by atoms with Gasteiger partial charge in [0.05, 0.1) is 0 Å². The summed E-state index contributed by atoms with van der Waals surface area (Å²) in [5, 5.41) is 13.9. The van der Waals surface area contributed by atoms with Gasteiger partial charge in [-0.2, -0.15) is 0 Å². The summed E-state index contributed by atoms with van der Waals surface area (Å²) in [7, 11) is 0. The van der Waals surface area contributed by atoms with Gasteiger partial charge in [-0.1, -0.05) is 46.5 Å². The van der Waals surface area contributed by atoms with Gasteiger partial charge in [0.15, 0.2) is 0 Å². The van der Waals surface area contributed by atoms with Gasteiger partial charge in [-0.3, -0.25) is 9.59 Å². The Morgan fingerprint density at radius 3 is 2.43 bits per heavy atom. The largest absolute Gasteiger partial charge is 0.480 e. The molecule has 0 aromatic rings. The van der Waals surface area contributed by atoms with Crippen molar-refractivity contribution in [3.63, 3.8) is 0 Å². The summed E-state index contributed by atoms with van der Waals surface area (Å²) in [5.41, 5.74) is 0.723. The molecule has 0 aliphatic carbocycles. The van der Waals surface area contributed by atoms with Crippen LogP contribution < -0.4 is 10.6 Å². The molecule has 3 amide bonds. The first kappa shape index (κ1) is 24.9. The molecule has 2 heterocycles. The number of carbonyl (C=O) groups is 4. The third-order valence-corrected chi connectivity index (χ3v) is 6.29. The van der Waals surface area contributed by atoms with Gasteiger partial charge in [0.25, 0.3) is 0 Å². The molecule has 2 rings (SSSR count). The smallest absolute Gasteiger partial charge is 0.408 e. The van der Waals surface area contributed by atoms with Crippen LogP contribution in [0.15, 0.2) is 11.6 Å². The molecular weight excluding hydrogens is 481 g/mol. The minimum Gasteiger partial charge on any atom is -0.480 e. The molecule has 168 valence electrons. The maximum atomic E-state index is 12.7. The number of fused-ring (bicyclic) bond motifs is 1. The highest BCUT2D eigenvalue weighted by Gasteiger charge is 2.64. The van der Waals surface area contributed by atoms with E-state index in [9.17, 15) is 24.3 Å². The highest BCUT2D eigenvalue weighted by atomic mass is 35.6. The molecule has 1 unspecified atom stereocenters. The Labute approximate surface area is 192 Å². The molecule has 0 bridgehead atoms. The van der Waals surface area contributed by atoms with E-state index in [0.29, 0.717) is 0 Å². The maximum Gasteiger partial charge on any atom is 0.408 e. The molecule has 2 saturated heterocycles. The van der Waals surface area contributed by atoms with Crippen LogP contribution in [-0.4, -0.2) is 72.5 Å². The molecule has 2 aliphatic rings. The molecule has 0 saturated carbocycles. The van der Waals surface area contributed by atoms with Crippen LogP contribution >= 0.6 is 46.6 Å². The number of amides is 3. The average Bonchev–Trinajstić information content (AvgIpc) is 2.84. The van der Waals surface area contributed by atoms with E-state index in [1.54, 1.807) is 27.7 Å². The lowest BCUT2D eigenvalue weighted by Gasteiger charge is -2.43. The Kier molecular flexibility index (Phi) is 7.49. The van der Waals surface area contributed by atoms with Crippen LogP contribution in [0.1, 0.15) is 27.7 Å². The van der Waals surface area contributed by atoms with Crippen LogP contribution in [0.5, 0.6) is 0 Å². The number of hydrogen-bond donors (Lipinski definition) is 3. The quantitative estimate of drug-likeness (QED) is 0.288. The molecule has 2 aliphatic heterocycles. The second kappa shape index (κ2) is 9.02. The van der Waals surface area contributed by atoms with Gasteiger partial charge in [-0.05, 0) is 27.7 Å². The van der Waals surface area contributed by atoms with E-state index in [4.69, 9.17) is 39.5 Å². The molecule has 4 atom stereocenters. The lowest BCUT2D eigenvalue weighted by atomic mass is 9.96. The molecule has 9 nitrogen and oxygen atoms in total. The number of carbonyl (C=O) groups excluding carboxylic acids is 3. The molecule has 0 radical (unpaired) electrons. The van der Waals surface area contributed by atoms with Crippen LogP contribution in [0.4, 0.5) is 4.79 Å². The van der Waals surface area contributed by atoms with Crippen molar-refractivity contribution in [3.05, 3.63) is 11.6 Å². The predicted molar refractivity (Wildman–Crippen MR) is 114 cm³/mol. The summed E-state index contributed by atoms with van der Waals surface area (Å²) in [6.45, 7) is 6.38. The number of halogens is 3. The molecule has 0 aromatic carbocycles. The monoisotopic (exact) mass is 501 g/mol. The van der Waals surface area contributed by atoms with Crippen molar-refractivity contribution in [2.24, 2.45) is 0 Å². The Balaban J connectivity index is 2.06. The number of carboxylic acids is 1. The number of ether oxygens (including phenoxy) is 1. The van der Waals surface area contributed by atoms with Gasteiger partial charge in [-0.15, -0.1) is 11.8 Å². The molecule has 13 heteroatoms. The van der Waals surface area contributed by atoms with Crippen LogP contribution in [0, 0.1) is 0 Å². The fourth-order valence-corrected chi connectivity index (χ4v) is 5.01. The van der Waals surface area contributed by atoms with E-state index in [-0.39, 0.29) is 0 Å². The molecule has 0 aromatic heterocycles. The first-order valence-corrected chi connectivity index (χ1v) is 10.8. The number of alkyl carbamates (subject to hydrolysis) is 1. The second-order valence-corrected chi connectivity index (χ2v) is 11.9. The number of nitrogens with one attached hydrogen (secondary N) is 2. The van der Waals surface area contributed by atoms with Crippen LogP contribution in [0.25, 0.3) is 0 Å². The molecular formula is C17H22Cl3N3O6S. The standard InChI is InChI=1S/C17H22Cl3N3O6S/c1-7(2)5-8(21-15(28)29-6-17(18,19)20)11(24)22-9-12(25)23-10(14(26)27)16(3,4)30-13(9)23/h5,8-10,13H,6H2,1-4H3,(H,21,28)(H,22,24)(H,26,27)/t8?,9-,10-,13+/m0/s1. The topological polar surface area (TPSA) is 125 Å². The number of thioether (sulfide) groups is 1. The summed E-state index contributed by atoms with van der Waals surface area (Å²) < 4.78 is 2.25. The zero-order valence-corrected chi connectivity index (χ0v) is 19.7. The van der Waals surface area contributed by atoms with Crippen LogP contribution in [0.3, 0.4) is 0 Å². The number of carboxylic acid groups (broad SMARTS) is 1. The van der Waals surface area contributed by atoms with Crippen molar-refractivity contribution in [2.75, 3.05) is 6.61 Å². The van der Waals surface area contributed by atoms with Crippen molar-refractivity contribution in [2.45, 2.75) is 59.7 Å². The highest BCUT2D eigenvalue weighted by Crippen LogP contribution is 2.50. The van der Waals surface area contributed by atoms with Gasteiger partial charge < -0.3 is 25.4 Å². The summed E-state index contributed by atoms with van der Waals surface area (Å²) in [6.07, 6.45) is 0.487. The van der Waals surface area contributed by atoms with Crippen LogP contribution in [0.2, 0.25) is 0 Å². The number of allylic oxidation sites excluding steroid dienone is 1. The predicted octanol–water partition coefficient (Wildman–Crippen LogP) is 2.05. The Bertz CT molecular complexity index is 781. The highest BCUT2D eigenvalue weighted by molar-refractivity contribution is 8.01. The van der Waals surface area contributed by atoms with Gasteiger partial charge in [-0.25, -0.2) is 9.59 Å². The Morgan fingerprint density at radius 1 is 1.33 bits per heavy atom. The SMILES string of the molecule is CC(C)=CC(NC(=O)OCC(Cl)(Cl)Cl)C(=O)N[C@H]1C(=O)N2[C@@H]1SC(C)(C)[C@@H]2C(=O)O. The number of alkyl halides is 3. The van der Waals surface area contributed by atoms with Gasteiger partial charge in [0.2, 0.25) is 15.6 Å². The normalized spacial score (nSPS) is 25.5. The van der Waals surface area contributed by atoms with E-state index in [2.05, 4.69) is 10.6 Å². The number of aliphatic carboxylic acids is 1. The minimum absolute atomic E-state index is 0.492. The number of β-lactam (4-membered cyclic amide) rings is 1. The van der Waals surface area contributed by atoms with E-state index in [1.165, 1.54) is 22.7 Å². The van der Waals surface area contributed by atoms with Gasteiger partial charge in [0.1, 0.15) is 30.1 Å². The fraction of sp³-hybridized carbons (Fsp3) is 0.647. The van der Waals surface area contributed by atoms with Gasteiger partial charge >= 0.3 is 12.1 Å². The summed E-state index contributed by atoms with van der Waals surface area (Å²) in [5.74, 6) is -2.25. The first-order valence-electron chi connectivity index (χ1n) is 8.82. The van der Waals surface area contributed by atoms with Crippen molar-refractivity contribution in [3.8, 4) is 0 Å². The van der Waals surface area contributed by atoms with E-state index in [0.717, 1.165) is 5.57 Å². The summed E-state index contributed by atoms with van der Waals surface area (Å²) >= 11 is 17.9.